The second-order valence-electron chi connectivity index (χ2n) is 7.62. The first-order valence-electron chi connectivity index (χ1n) is 10.5. The molecule has 0 N–H and O–H groups in total. The standard InChI is InChI=1S/C21H35N3O4S/c1-4-5-6-7-11-24(13-12-23-14-16-28-17-15-23)21(25)19-9-8-10-20(18-19)29(26,27)22(2)3/h8-10,18H,4-7,11-17H2,1-3H3. The van der Waals surface area contributed by atoms with Crippen LogP contribution in [0.15, 0.2) is 29.2 Å². The third kappa shape index (κ3) is 7.06. The van der Waals surface area contributed by atoms with Gasteiger partial charge in [0.25, 0.3) is 5.91 Å². The van der Waals surface area contributed by atoms with Crippen LogP contribution in [-0.2, 0) is 14.8 Å². The van der Waals surface area contributed by atoms with E-state index in [-0.39, 0.29) is 10.8 Å². The summed E-state index contributed by atoms with van der Waals surface area (Å²) in [5.74, 6) is -0.106. The van der Waals surface area contributed by atoms with Crippen LogP contribution in [0.5, 0.6) is 0 Å². The van der Waals surface area contributed by atoms with Crippen LogP contribution in [0.2, 0.25) is 0 Å². The van der Waals surface area contributed by atoms with Gasteiger partial charge >= 0.3 is 0 Å². The summed E-state index contributed by atoms with van der Waals surface area (Å²) in [7, 11) is -0.587. The number of rotatable bonds is 11. The van der Waals surface area contributed by atoms with E-state index in [0.29, 0.717) is 18.7 Å². The Morgan fingerprint density at radius 3 is 2.48 bits per heavy atom. The van der Waals surface area contributed by atoms with E-state index in [1.54, 1.807) is 12.1 Å². The largest absolute Gasteiger partial charge is 0.379 e. The van der Waals surface area contributed by atoms with Gasteiger partial charge in [0.05, 0.1) is 18.1 Å². The van der Waals surface area contributed by atoms with Crippen molar-refractivity contribution in [2.24, 2.45) is 0 Å². The molecule has 0 aromatic heterocycles. The van der Waals surface area contributed by atoms with Gasteiger partial charge in [-0.3, -0.25) is 9.69 Å². The zero-order valence-electron chi connectivity index (χ0n) is 18.0. The molecule has 29 heavy (non-hydrogen) atoms. The number of nitrogens with zero attached hydrogens (tertiary/aromatic N) is 3. The van der Waals surface area contributed by atoms with Gasteiger partial charge in [0.2, 0.25) is 10.0 Å². The molecular formula is C21H35N3O4S. The van der Waals surface area contributed by atoms with E-state index < -0.39 is 10.0 Å². The Morgan fingerprint density at radius 2 is 1.83 bits per heavy atom. The fraction of sp³-hybridized carbons (Fsp3) is 0.667. The Kier molecular flexibility index (Phi) is 9.55. The van der Waals surface area contributed by atoms with Crippen molar-refractivity contribution in [3.63, 3.8) is 0 Å². The molecule has 0 atom stereocenters. The highest BCUT2D eigenvalue weighted by atomic mass is 32.2. The molecule has 7 nitrogen and oxygen atoms in total. The van der Waals surface area contributed by atoms with Gasteiger partial charge < -0.3 is 9.64 Å². The first kappa shape index (κ1) is 23.8. The van der Waals surface area contributed by atoms with E-state index in [1.807, 2.05) is 4.90 Å². The SMILES string of the molecule is CCCCCCN(CCN1CCOCC1)C(=O)c1cccc(S(=O)(=O)N(C)C)c1. The summed E-state index contributed by atoms with van der Waals surface area (Å²) in [6, 6.07) is 6.36. The van der Waals surface area contributed by atoms with Gasteiger partial charge in [-0.1, -0.05) is 32.3 Å². The summed E-state index contributed by atoms with van der Waals surface area (Å²) >= 11 is 0. The lowest BCUT2D eigenvalue weighted by Gasteiger charge is -2.30. The molecule has 1 aromatic carbocycles. The lowest BCUT2D eigenvalue weighted by atomic mass is 10.1. The summed E-state index contributed by atoms with van der Waals surface area (Å²) in [6.45, 7) is 7.52. The van der Waals surface area contributed by atoms with Gasteiger partial charge in [-0.05, 0) is 24.6 Å². The second-order valence-corrected chi connectivity index (χ2v) is 9.77. The molecule has 1 aliphatic rings. The van der Waals surface area contributed by atoms with Crippen LogP contribution >= 0.6 is 0 Å². The minimum atomic E-state index is -3.57. The van der Waals surface area contributed by atoms with Crippen molar-refractivity contribution in [3.8, 4) is 0 Å². The normalized spacial score (nSPS) is 15.6. The number of carbonyl (C=O) groups is 1. The zero-order valence-corrected chi connectivity index (χ0v) is 18.8. The molecule has 164 valence electrons. The average molecular weight is 426 g/mol. The van der Waals surface area contributed by atoms with Gasteiger partial charge in [0.1, 0.15) is 0 Å². The molecule has 1 saturated heterocycles. The number of sulfonamides is 1. The van der Waals surface area contributed by atoms with Crippen molar-refractivity contribution in [3.05, 3.63) is 29.8 Å². The summed E-state index contributed by atoms with van der Waals surface area (Å²) in [4.78, 5) is 17.5. The number of morpholine rings is 1. The lowest BCUT2D eigenvalue weighted by Crippen LogP contribution is -2.43. The summed E-state index contributed by atoms with van der Waals surface area (Å²) in [5, 5.41) is 0. The Hall–Kier alpha value is -1.48. The number of hydrogen-bond acceptors (Lipinski definition) is 5. The van der Waals surface area contributed by atoms with Crippen LogP contribution in [-0.4, -0.2) is 88.5 Å². The Balaban J connectivity index is 2.12. The molecule has 0 saturated carbocycles. The van der Waals surface area contributed by atoms with Crippen LogP contribution in [0.3, 0.4) is 0 Å². The number of carbonyl (C=O) groups excluding carboxylic acids is 1. The molecule has 0 aliphatic carbocycles. The zero-order chi connectivity index (χ0) is 21.3. The van der Waals surface area contributed by atoms with Crippen molar-refractivity contribution < 1.29 is 17.9 Å². The van der Waals surface area contributed by atoms with E-state index in [2.05, 4.69) is 11.8 Å². The van der Waals surface area contributed by atoms with Gasteiger partial charge in [-0.25, -0.2) is 12.7 Å². The monoisotopic (exact) mass is 425 g/mol. The highest BCUT2D eigenvalue weighted by Gasteiger charge is 2.22. The molecular weight excluding hydrogens is 390 g/mol. The van der Waals surface area contributed by atoms with E-state index >= 15 is 0 Å². The van der Waals surface area contributed by atoms with Gasteiger partial charge in [0.15, 0.2) is 0 Å². The number of ether oxygens (including phenoxy) is 1. The van der Waals surface area contributed by atoms with Crippen molar-refractivity contribution in [2.75, 3.05) is 60.0 Å². The highest BCUT2D eigenvalue weighted by molar-refractivity contribution is 7.89. The number of amides is 1. The number of unbranched alkanes of at least 4 members (excludes halogenated alkanes) is 3. The van der Waals surface area contributed by atoms with Crippen molar-refractivity contribution >= 4 is 15.9 Å². The van der Waals surface area contributed by atoms with Crippen molar-refractivity contribution in [1.82, 2.24) is 14.1 Å². The molecule has 8 heteroatoms. The first-order valence-corrected chi connectivity index (χ1v) is 11.9. The second kappa shape index (κ2) is 11.6. The molecule has 0 spiro atoms. The minimum Gasteiger partial charge on any atom is -0.379 e. The van der Waals surface area contributed by atoms with Gasteiger partial charge in [0, 0.05) is 52.4 Å². The third-order valence-corrected chi connectivity index (χ3v) is 7.03. The average Bonchev–Trinajstić information content (AvgIpc) is 2.73. The van der Waals surface area contributed by atoms with Crippen LogP contribution in [0.25, 0.3) is 0 Å². The quantitative estimate of drug-likeness (QED) is 0.509. The van der Waals surface area contributed by atoms with E-state index in [4.69, 9.17) is 4.74 Å². The number of benzene rings is 1. The molecule has 1 aliphatic heterocycles. The predicted octanol–water partition coefficient (Wildman–Crippen LogP) is 2.29. The third-order valence-electron chi connectivity index (χ3n) is 5.22. The van der Waals surface area contributed by atoms with Crippen molar-refractivity contribution in [2.45, 2.75) is 37.5 Å². The lowest BCUT2D eigenvalue weighted by molar-refractivity contribution is 0.0324. The van der Waals surface area contributed by atoms with E-state index in [0.717, 1.165) is 62.8 Å². The highest BCUT2D eigenvalue weighted by Crippen LogP contribution is 2.17. The van der Waals surface area contributed by atoms with Crippen LogP contribution in [0.1, 0.15) is 43.0 Å². The fourth-order valence-electron chi connectivity index (χ4n) is 3.31. The molecule has 1 fully saturated rings. The van der Waals surface area contributed by atoms with E-state index in [1.165, 1.54) is 26.2 Å². The summed E-state index contributed by atoms with van der Waals surface area (Å²) in [6.07, 6.45) is 4.35. The minimum absolute atomic E-state index is 0.106. The maximum atomic E-state index is 13.2. The molecule has 1 aromatic rings. The summed E-state index contributed by atoms with van der Waals surface area (Å²) in [5.41, 5.74) is 0.422. The van der Waals surface area contributed by atoms with Gasteiger partial charge in [-0.15, -0.1) is 0 Å². The molecule has 2 rings (SSSR count). The summed E-state index contributed by atoms with van der Waals surface area (Å²) < 4.78 is 31.4. The Morgan fingerprint density at radius 1 is 1.10 bits per heavy atom. The molecule has 1 amide bonds. The molecule has 1 heterocycles. The Labute approximate surface area is 175 Å². The van der Waals surface area contributed by atoms with Crippen LogP contribution in [0, 0.1) is 0 Å². The van der Waals surface area contributed by atoms with Gasteiger partial charge in [-0.2, -0.15) is 0 Å². The molecule has 0 unspecified atom stereocenters. The number of hydrogen-bond donors (Lipinski definition) is 0. The maximum absolute atomic E-state index is 13.2. The van der Waals surface area contributed by atoms with Crippen LogP contribution in [0.4, 0.5) is 0 Å². The smallest absolute Gasteiger partial charge is 0.253 e. The maximum Gasteiger partial charge on any atom is 0.253 e. The Bertz CT molecular complexity index is 746. The predicted molar refractivity (Wildman–Crippen MR) is 115 cm³/mol. The molecule has 0 bridgehead atoms. The molecule has 0 radical (unpaired) electrons. The fourth-order valence-corrected chi connectivity index (χ4v) is 4.26. The van der Waals surface area contributed by atoms with Crippen LogP contribution < -0.4 is 0 Å². The van der Waals surface area contributed by atoms with Crippen molar-refractivity contribution in [1.29, 1.82) is 0 Å². The topological polar surface area (TPSA) is 70.2 Å². The van der Waals surface area contributed by atoms with E-state index in [9.17, 15) is 13.2 Å². The first-order chi connectivity index (χ1) is 13.9.